The topological polar surface area (TPSA) is 109 Å². The van der Waals surface area contributed by atoms with Crippen LogP contribution in [0.1, 0.15) is 25.2 Å². The maximum Gasteiger partial charge on any atom is 0.236 e. The molecule has 3 aromatic heterocycles. The average molecular weight is 483 g/mol. The summed E-state index contributed by atoms with van der Waals surface area (Å²) in [5, 5.41) is 8.10. The van der Waals surface area contributed by atoms with Gasteiger partial charge in [0, 0.05) is 38.9 Å². The molecule has 10 nitrogen and oxygen atoms in total. The molecule has 0 aromatic carbocycles. The third kappa shape index (κ3) is 5.05. The number of hydrogen-bond acceptors (Lipinski definition) is 8. The maximum atomic E-state index is 12.2. The van der Waals surface area contributed by atoms with Gasteiger partial charge in [-0.05, 0) is 49.9 Å². The van der Waals surface area contributed by atoms with Gasteiger partial charge in [-0.2, -0.15) is 0 Å². The molecule has 0 bridgehead atoms. The monoisotopic (exact) mass is 482 g/mol. The maximum absolute atomic E-state index is 12.2. The third-order valence-electron chi connectivity index (χ3n) is 6.51. The molecule has 2 unspecified atom stereocenters. The Balaban J connectivity index is 1.16. The molecule has 1 N–H and O–H groups in total. The van der Waals surface area contributed by atoms with Gasteiger partial charge in [-0.3, -0.25) is 14.6 Å². The Kier molecular flexibility index (Phi) is 6.22. The van der Waals surface area contributed by atoms with Gasteiger partial charge in [0.15, 0.2) is 0 Å². The molecule has 2 atom stereocenters. The first kappa shape index (κ1) is 22.7. The third-order valence-corrected chi connectivity index (χ3v) is 8.24. The van der Waals surface area contributed by atoms with Gasteiger partial charge < -0.3 is 4.90 Å². The van der Waals surface area contributed by atoms with E-state index in [1.165, 1.54) is 0 Å². The summed E-state index contributed by atoms with van der Waals surface area (Å²) in [5.74, 6) is 2.31. The molecular formula is C23H30N8O2S. The van der Waals surface area contributed by atoms with E-state index in [4.69, 9.17) is 0 Å². The largest absolute Gasteiger partial charge is 0.356 e. The van der Waals surface area contributed by atoms with Gasteiger partial charge in [-0.25, -0.2) is 18.1 Å². The molecule has 2 aliphatic heterocycles. The SMILES string of the molecule is CC(C)S(=O)(=O)Nc1cccc(N2CC3CN(Cc4cn(Cc5ccccn5)nn4)CC3C2)n1. The number of aromatic nitrogens is 5. The summed E-state index contributed by atoms with van der Waals surface area (Å²) in [6.45, 7) is 8.57. The number of hydrogen-bond donors (Lipinski definition) is 1. The van der Waals surface area contributed by atoms with E-state index < -0.39 is 15.3 Å². The molecule has 0 saturated carbocycles. The second kappa shape index (κ2) is 9.30. The van der Waals surface area contributed by atoms with Crippen molar-refractivity contribution in [2.75, 3.05) is 35.8 Å². The van der Waals surface area contributed by atoms with Crippen LogP contribution in [0.25, 0.3) is 0 Å². The van der Waals surface area contributed by atoms with Gasteiger partial charge in [-0.1, -0.05) is 17.3 Å². The van der Waals surface area contributed by atoms with E-state index in [-0.39, 0.29) is 0 Å². The van der Waals surface area contributed by atoms with E-state index in [0.717, 1.165) is 49.9 Å². The Morgan fingerprint density at radius 2 is 1.79 bits per heavy atom. The molecule has 180 valence electrons. The molecule has 5 heterocycles. The predicted molar refractivity (Wildman–Crippen MR) is 130 cm³/mol. The van der Waals surface area contributed by atoms with Crippen molar-refractivity contribution in [2.24, 2.45) is 11.8 Å². The van der Waals surface area contributed by atoms with Crippen LogP contribution in [-0.2, 0) is 23.1 Å². The fourth-order valence-corrected chi connectivity index (χ4v) is 5.34. The van der Waals surface area contributed by atoms with Crippen molar-refractivity contribution in [2.45, 2.75) is 32.2 Å². The van der Waals surface area contributed by atoms with Gasteiger partial charge >= 0.3 is 0 Å². The van der Waals surface area contributed by atoms with Crippen LogP contribution in [0.3, 0.4) is 0 Å². The fourth-order valence-electron chi connectivity index (χ4n) is 4.70. The lowest BCUT2D eigenvalue weighted by Crippen LogP contribution is -2.29. The molecule has 34 heavy (non-hydrogen) atoms. The second-order valence-electron chi connectivity index (χ2n) is 9.42. The lowest BCUT2D eigenvalue weighted by molar-refractivity contribution is 0.305. The highest BCUT2D eigenvalue weighted by atomic mass is 32.2. The molecule has 11 heteroatoms. The molecule has 2 saturated heterocycles. The van der Waals surface area contributed by atoms with Gasteiger partial charge in [0.05, 0.1) is 29.4 Å². The second-order valence-corrected chi connectivity index (χ2v) is 11.7. The number of sulfonamides is 1. The quantitative estimate of drug-likeness (QED) is 0.518. The van der Waals surface area contributed by atoms with Crippen LogP contribution < -0.4 is 9.62 Å². The first-order valence-electron chi connectivity index (χ1n) is 11.6. The molecular weight excluding hydrogens is 452 g/mol. The van der Waals surface area contributed by atoms with Gasteiger partial charge in [0.1, 0.15) is 11.6 Å². The lowest BCUT2D eigenvalue weighted by atomic mass is 10.0. The standard InChI is InChI=1S/C23H30N8O2S/c1-17(2)34(32,33)27-22-7-5-8-23(25-22)30-12-18-10-29(11-19(18)13-30)14-21-16-31(28-26-21)15-20-6-3-4-9-24-20/h3-9,16-19H,10-15H2,1-2H3,(H,25,27). The van der Waals surface area contributed by atoms with Crippen LogP contribution in [0, 0.1) is 11.8 Å². The number of rotatable bonds is 8. The van der Waals surface area contributed by atoms with E-state index in [2.05, 4.69) is 34.8 Å². The average Bonchev–Trinajstić information content (AvgIpc) is 3.50. The van der Waals surface area contributed by atoms with E-state index >= 15 is 0 Å². The molecule has 0 amide bonds. The summed E-state index contributed by atoms with van der Waals surface area (Å²) >= 11 is 0. The van der Waals surface area contributed by atoms with Crippen molar-refractivity contribution in [1.29, 1.82) is 0 Å². The minimum atomic E-state index is -3.41. The van der Waals surface area contributed by atoms with Crippen molar-refractivity contribution in [1.82, 2.24) is 29.9 Å². The van der Waals surface area contributed by atoms with Gasteiger partial charge in [0.25, 0.3) is 0 Å². The van der Waals surface area contributed by atoms with Crippen LogP contribution in [0.4, 0.5) is 11.6 Å². The Bertz CT molecular complexity index is 1220. The van der Waals surface area contributed by atoms with Crippen molar-refractivity contribution < 1.29 is 8.42 Å². The first-order valence-corrected chi connectivity index (χ1v) is 13.2. The normalized spacial score (nSPS) is 20.7. The van der Waals surface area contributed by atoms with Crippen LogP contribution in [0.15, 0.2) is 48.8 Å². The number of nitrogens with zero attached hydrogens (tertiary/aromatic N) is 7. The summed E-state index contributed by atoms with van der Waals surface area (Å²) in [6, 6.07) is 11.4. The van der Waals surface area contributed by atoms with Crippen molar-refractivity contribution >= 4 is 21.7 Å². The van der Waals surface area contributed by atoms with Crippen molar-refractivity contribution in [3.63, 3.8) is 0 Å². The Morgan fingerprint density at radius 3 is 2.50 bits per heavy atom. The van der Waals surface area contributed by atoms with E-state index in [0.29, 0.717) is 24.2 Å². The summed E-state index contributed by atoms with van der Waals surface area (Å²) < 4.78 is 28.8. The van der Waals surface area contributed by atoms with Crippen LogP contribution >= 0.6 is 0 Å². The Morgan fingerprint density at radius 1 is 1.00 bits per heavy atom. The highest BCUT2D eigenvalue weighted by Crippen LogP contribution is 2.34. The summed E-state index contributed by atoms with van der Waals surface area (Å²) in [7, 11) is -3.41. The van der Waals surface area contributed by atoms with Crippen LogP contribution in [-0.4, -0.2) is 69.7 Å². The van der Waals surface area contributed by atoms with E-state index in [1.54, 1.807) is 26.1 Å². The fraction of sp³-hybridized carbons (Fsp3) is 0.478. The minimum absolute atomic E-state index is 0.374. The molecule has 0 radical (unpaired) electrons. The minimum Gasteiger partial charge on any atom is -0.356 e. The first-order chi connectivity index (χ1) is 16.4. The molecule has 5 rings (SSSR count). The number of fused-ring (bicyclic) bond motifs is 1. The number of nitrogens with one attached hydrogen (secondary N) is 1. The summed E-state index contributed by atoms with van der Waals surface area (Å²) in [4.78, 5) is 13.6. The molecule has 3 aromatic rings. The number of anilines is 2. The van der Waals surface area contributed by atoms with E-state index in [9.17, 15) is 8.42 Å². The number of likely N-dealkylation sites (tertiary alicyclic amines) is 1. The molecule has 0 spiro atoms. The zero-order chi connectivity index (χ0) is 23.7. The van der Waals surface area contributed by atoms with Gasteiger partial charge in [0.2, 0.25) is 10.0 Å². The zero-order valence-corrected chi connectivity index (χ0v) is 20.3. The summed E-state index contributed by atoms with van der Waals surface area (Å²) in [6.07, 6.45) is 3.79. The molecule has 2 aliphatic rings. The predicted octanol–water partition coefficient (Wildman–Crippen LogP) is 1.83. The Labute approximate surface area is 200 Å². The van der Waals surface area contributed by atoms with Crippen LogP contribution in [0.2, 0.25) is 0 Å². The highest BCUT2D eigenvalue weighted by molar-refractivity contribution is 7.93. The van der Waals surface area contributed by atoms with Crippen LogP contribution in [0.5, 0.6) is 0 Å². The van der Waals surface area contributed by atoms with E-state index in [1.807, 2.05) is 41.2 Å². The van der Waals surface area contributed by atoms with Gasteiger partial charge in [-0.15, -0.1) is 5.10 Å². The number of pyridine rings is 2. The smallest absolute Gasteiger partial charge is 0.236 e. The summed E-state index contributed by atoms with van der Waals surface area (Å²) in [5.41, 5.74) is 1.93. The highest BCUT2D eigenvalue weighted by Gasteiger charge is 2.40. The van der Waals surface area contributed by atoms with Crippen molar-refractivity contribution in [3.8, 4) is 0 Å². The molecule has 2 fully saturated rings. The van der Waals surface area contributed by atoms with Crippen molar-refractivity contribution in [3.05, 3.63) is 60.2 Å². The lowest BCUT2D eigenvalue weighted by Gasteiger charge is -2.22. The molecule has 0 aliphatic carbocycles. The Hall–Kier alpha value is -3.05. The zero-order valence-electron chi connectivity index (χ0n) is 19.4.